The van der Waals surface area contributed by atoms with Crippen molar-refractivity contribution in [2.24, 2.45) is 0 Å². The summed E-state index contributed by atoms with van der Waals surface area (Å²) >= 11 is 8.52. The normalized spacial score (nSPS) is 21.6. The predicted octanol–water partition coefficient (Wildman–Crippen LogP) is 3.28. The third-order valence-corrected chi connectivity index (χ3v) is 5.91. The lowest BCUT2D eigenvalue weighted by Gasteiger charge is -2.29. The van der Waals surface area contributed by atoms with Crippen LogP contribution in [0.3, 0.4) is 0 Å². The van der Waals surface area contributed by atoms with E-state index in [1.807, 2.05) is 6.92 Å². The Balaban J connectivity index is 2.13. The van der Waals surface area contributed by atoms with Gasteiger partial charge in [0.05, 0.1) is 16.4 Å². The molecule has 1 saturated heterocycles. The molecule has 2 atom stereocenters. The average Bonchev–Trinajstić information content (AvgIpc) is 2.72. The van der Waals surface area contributed by atoms with Crippen LogP contribution in [0.5, 0.6) is 0 Å². The molecule has 0 amide bonds. The molecule has 5 heteroatoms. The number of aromatic nitrogens is 2. The summed E-state index contributed by atoms with van der Waals surface area (Å²) < 4.78 is 2.05. The molecule has 1 aromatic rings. The van der Waals surface area contributed by atoms with Gasteiger partial charge in [0.25, 0.3) is 0 Å². The molecule has 1 N–H and O–H groups in total. The summed E-state index contributed by atoms with van der Waals surface area (Å²) in [5.74, 6) is 1.29. The van der Waals surface area contributed by atoms with Crippen LogP contribution in [0.1, 0.15) is 37.6 Å². The van der Waals surface area contributed by atoms with E-state index in [9.17, 15) is 0 Å². The fourth-order valence-corrected chi connectivity index (χ4v) is 4.46. The zero-order valence-corrected chi connectivity index (χ0v) is 13.7. The minimum Gasteiger partial charge on any atom is -0.316 e. The first-order valence-electron chi connectivity index (χ1n) is 7.18. The minimum atomic E-state index is 0.490. The van der Waals surface area contributed by atoms with Gasteiger partial charge in [0.15, 0.2) is 0 Å². The number of halogens is 1. The van der Waals surface area contributed by atoms with Gasteiger partial charge < -0.3 is 5.32 Å². The second kappa shape index (κ2) is 7.00. The van der Waals surface area contributed by atoms with Crippen molar-refractivity contribution in [1.82, 2.24) is 15.1 Å². The molecule has 0 radical (unpaired) electrons. The largest absolute Gasteiger partial charge is 0.316 e. The highest BCUT2D eigenvalue weighted by molar-refractivity contribution is 8.00. The highest BCUT2D eigenvalue weighted by Crippen LogP contribution is 2.30. The smallest absolute Gasteiger partial charge is 0.0847 e. The summed E-state index contributed by atoms with van der Waals surface area (Å²) in [6.45, 7) is 4.99. The summed E-state index contributed by atoms with van der Waals surface area (Å²) in [5, 5.41) is 9.55. The number of hydrogen-bond acceptors (Lipinski definition) is 3. The first-order chi connectivity index (χ1) is 9.17. The first kappa shape index (κ1) is 15.2. The Morgan fingerprint density at radius 3 is 2.89 bits per heavy atom. The quantitative estimate of drug-likeness (QED) is 0.905. The van der Waals surface area contributed by atoms with Gasteiger partial charge in [-0.1, -0.05) is 18.0 Å². The Morgan fingerprint density at radius 1 is 1.53 bits per heavy atom. The topological polar surface area (TPSA) is 29.9 Å². The van der Waals surface area contributed by atoms with Crippen molar-refractivity contribution in [2.45, 2.75) is 57.4 Å². The van der Waals surface area contributed by atoms with Crippen molar-refractivity contribution < 1.29 is 0 Å². The standard InChI is InChI=1S/C14H24ClN3S/c1-4-18-12(14(15)10(2)17-18)9-11(16-3)13-7-5-6-8-19-13/h11,13,16H,4-9H2,1-3H3. The molecule has 108 valence electrons. The molecule has 0 saturated carbocycles. The number of rotatable bonds is 5. The number of nitrogens with zero attached hydrogens (tertiary/aromatic N) is 2. The first-order valence-corrected chi connectivity index (χ1v) is 8.60. The van der Waals surface area contributed by atoms with E-state index < -0.39 is 0 Å². The van der Waals surface area contributed by atoms with Crippen molar-refractivity contribution in [2.75, 3.05) is 12.8 Å². The lowest BCUT2D eigenvalue weighted by atomic mass is 10.0. The maximum atomic E-state index is 6.41. The van der Waals surface area contributed by atoms with E-state index >= 15 is 0 Å². The van der Waals surface area contributed by atoms with Crippen LogP contribution in [-0.4, -0.2) is 33.9 Å². The van der Waals surface area contributed by atoms with Gasteiger partial charge in [0.2, 0.25) is 0 Å². The monoisotopic (exact) mass is 301 g/mol. The Morgan fingerprint density at radius 2 is 2.32 bits per heavy atom. The molecule has 0 aromatic carbocycles. The fourth-order valence-electron chi connectivity index (χ4n) is 2.77. The van der Waals surface area contributed by atoms with E-state index in [1.165, 1.54) is 30.7 Å². The lowest BCUT2D eigenvalue weighted by Crippen LogP contribution is -2.39. The number of nitrogens with one attached hydrogen (secondary N) is 1. The van der Waals surface area contributed by atoms with Crippen LogP contribution in [0.15, 0.2) is 0 Å². The van der Waals surface area contributed by atoms with Crippen molar-refractivity contribution in [3.63, 3.8) is 0 Å². The van der Waals surface area contributed by atoms with Gasteiger partial charge in [-0.2, -0.15) is 16.9 Å². The molecule has 19 heavy (non-hydrogen) atoms. The average molecular weight is 302 g/mol. The maximum Gasteiger partial charge on any atom is 0.0847 e. The molecule has 1 aliphatic heterocycles. The minimum absolute atomic E-state index is 0.490. The van der Waals surface area contributed by atoms with Gasteiger partial charge in [0.1, 0.15) is 0 Å². The van der Waals surface area contributed by atoms with Gasteiger partial charge in [-0.05, 0) is 39.5 Å². The van der Waals surface area contributed by atoms with Crippen LogP contribution >= 0.6 is 23.4 Å². The molecular formula is C14H24ClN3S. The number of hydrogen-bond donors (Lipinski definition) is 1. The Labute approximate surface area is 125 Å². The molecule has 2 heterocycles. The summed E-state index contributed by atoms with van der Waals surface area (Å²) in [5.41, 5.74) is 2.14. The zero-order valence-electron chi connectivity index (χ0n) is 12.1. The molecule has 1 aliphatic rings. The molecule has 2 rings (SSSR count). The Bertz CT molecular complexity index is 413. The van der Waals surface area contributed by atoms with Gasteiger partial charge in [-0.25, -0.2) is 0 Å². The molecule has 1 aromatic heterocycles. The summed E-state index contributed by atoms with van der Waals surface area (Å²) in [7, 11) is 2.06. The molecule has 0 bridgehead atoms. The van der Waals surface area contributed by atoms with Crippen molar-refractivity contribution in [1.29, 1.82) is 0 Å². The van der Waals surface area contributed by atoms with Gasteiger partial charge in [-0.3, -0.25) is 4.68 Å². The molecular weight excluding hydrogens is 278 g/mol. The molecule has 2 unspecified atom stereocenters. The Kier molecular flexibility index (Phi) is 5.60. The second-order valence-corrected chi connectivity index (χ2v) is 6.89. The van der Waals surface area contributed by atoms with E-state index in [0.29, 0.717) is 11.3 Å². The highest BCUT2D eigenvalue weighted by Gasteiger charge is 2.25. The van der Waals surface area contributed by atoms with Crippen LogP contribution in [0, 0.1) is 6.92 Å². The SMILES string of the molecule is CCn1nc(C)c(Cl)c1CC(NC)C1CCCCS1. The molecule has 0 spiro atoms. The zero-order chi connectivity index (χ0) is 13.8. The van der Waals surface area contributed by atoms with E-state index in [2.05, 4.69) is 40.8 Å². The summed E-state index contributed by atoms with van der Waals surface area (Å²) in [4.78, 5) is 0. The second-order valence-electron chi connectivity index (χ2n) is 5.17. The molecule has 1 fully saturated rings. The van der Waals surface area contributed by atoms with E-state index in [-0.39, 0.29) is 0 Å². The number of aryl methyl sites for hydroxylation is 2. The Hall–Kier alpha value is -0.190. The van der Waals surface area contributed by atoms with Crippen molar-refractivity contribution >= 4 is 23.4 Å². The number of likely N-dealkylation sites (N-methyl/N-ethyl adjacent to an activating group) is 1. The van der Waals surface area contributed by atoms with Crippen molar-refractivity contribution in [3.8, 4) is 0 Å². The summed E-state index contributed by atoms with van der Waals surface area (Å²) in [6.07, 6.45) is 5.01. The van der Waals surface area contributed by atoms with Crippen LogP contribution in [0.2, 0.25) is 5.02 Å². The van der Waals surface area contributed by atoms with E-state index in [1.54, 1.807) is 0 Å². The predicted molar refractivity (Wildman–Crippen MR) is 84.3 cm³/mol. The third kappa shape index (κ3) is 3.47. The van der Waals surface area contributed by atoms with E-state index in [0.717, 1.165) is 23.7 Å². The van der Waals surface area contributed by atoms with Crippen LogP contribution in [-0.2, 0) is 13.0 Å². The highest BCUT2D eigenvalue weighted by atomic mass is 35.5. The van der Waals surface area contributed by atoms with Crippen molar-refractivity contribution in [3.05, 3.63) is 16.4 Å². The molecule has 0 aliphatic carbocycles. The lowest BCUT2D eigenvalue weighted by molar-refractivity contribution is 0.476. The third-order valence-electron chi connectivity index (χ3n) is 3.90. The van der Waals surface area contributed by atoms with Crippen LogP contribution < -0.4 is 5.32 Å². The van der Waals surface area contributed by atoms with E-state index in [4.69, 9.17) is 11.6 Å². The van der Waals surface area contributed by atoms with Gasteiger partial charge >= 0.3 is 0 Å². The van der Waals surface area contributed by atoms with Crippen LogP contribution in [0.4, 0.5) is 0 Å². The number of thioether (sulfide) groups is 1. The fraction of sp³-hybridized carbons (Fsp3) is 0.786. The molecule has 3 nitrogen and oxygen atoms in total. The summed E-state index contributed by atoms with van der Waals surface area (Å²) in [6, 6.07) is 0.490. The van der Waals surface area contributed by atoms with Gasteiger partial charge in [-0.15, -0.1) is 0 Å². The maximum absolute atomic E-state index is 6.41. The van der Waals surface area contributed by atoms with Crippen LogP contribution in [0.25, 0.3) is 0 Å². The van der Waals surface area contributed by atoms with Gasteiger partial charge in [0, 0.05) is 24.3 Å².